The van der Waals surface area contributed by atoms with Gasteiger partial charge in [0.25, 0.3) is 5.91 Å². The summed E-state index contributed by atoms with van der Waals surface area (Å²) in [6.07, 6.45) is 2.41. The molecule has 0 spiro atoms. The lowest BCUT2D eigenvalue weighted by molar-refractivity contribution is -0.136. The Kier molecular flexibility index (Phi) is 6.33. The van der Waals surface area contributed by atoms with Crippen molar-refractivity contribution < 1.29 is 14.4 Å². The van der Waals surface area contributed by atoms with Gasteiger partial charge in [0.15, 0.2) is 0 Å². The molecule has 0 aliphatic carbocycles. The van der Waals surface area contributed by atoms with Crippen LogP contribution in [0.5, 0.6) is 0 Å². The van der Waals surface area contributed by atoms with Gasteiger partial charge in [0.1, 0.15) is 6.04 Å². The fourth-order valence-corrected chi connectivity index (χ4v) is 5.74. The third-order valence-electron chi connectivity index (χ3n) is 7.96. The summed E-state index contributed by atoms with van der Waals surface area (Å²) in [5.74, 6) is -0.850. The maximum atomic E-state index is 13.1. The molecule has 1 aromatic heterocycles. The Morgan fingerprint density at radius 3 is 2.42 bits per heavy atom. The second-order valence-corrected chi connectivity index (χ2v) is 10.6. The maximum absolute atomic E-state index is 13.1. The zero-order valence-electron chi connectivity index (χ0n) is 21.8. The number of imide groups is 1. The van der Waals surface area contributed by atoms with E-state index in [-0.39, 0.29) is 18.2 Å². The van der Waals surface area contributed by atoms with Crippen molar-refractivity contribution in [1.82, 2.24) is 29.6 Å². The summed E-state index contributed by atoms with van der Waals surface area (Å²) in [7, 11) is 4.16. The van der Waals surface area contributed by atoms with Crippen LogP contribution in [0, 0.1) is 0 Å². The van der Waals surface area contributed by atoms with E-state index in [4.69, 9.17) is 4.98 Å². The number of benzene rings is 2. The summed E-state index contributed by atoms with van der Waals surface area (Å²) in [5, 5.41) is 2.36. The molecule has 3 aliphatic rings. The van der Waals surface area contributed by atoms with E-state index in [2.05, 4.69) is 46.4 Å². The molecule has 1 N–H and O–H groups in total. The molecule has 3 amide bonds. The molecule has 4 heterocycles. The number of imidazole rings is 1. The van der Waals surface area contributed by atoms with Gasteiger partial charge in [0, 0.05) is 69.4 Å². The van der Waals surface area contributed by atoms with Crippen molar-refractivity contribution in [3.63, 3.8) is 0 Å². The van der Waals surface area contributed by atoms with Crippen LogP contribution in [0.4, 0.5) is 0 Å². The molecule has 0 bridgehead atoms. The predicted molar refractivity (Wildman–Crippen MR) is 143 cm³/mol. The van der Waals surface area contributed by atoms with E-state index in [9.17, 15) is 14.4 Å². The monoisotopic (exact) mass is 512 g/mol. The topological polar surface area (TPSA) is 90.8 Å². The summed E-state index contributed by atoms with van der Waals surface area (Å²) in [6.45, 7) is 5.69. The number of hydrogen-bond acceptors (Lipinski definition) is 6. The molecule has 0 radical (unpaired) electrons. The molecule has 9 heteroatoms. The molecule has 6 rings (SSSR count). The Balaban J connectivity index is 1.23. The lowest BCUT2D eigenvalue weighted by atomic mass is 10.00. The molecular weight excluding hydrogens is 480 g/mol. The fraction of sp³-hybridized carbons (Fsp3) is 0.379. The Morgan fingerprint density at radius 1 is 0.947 bits per heavy atom. The first-order chi connectivity index (χ1) is 18.4. The number of carbonyl (C=O) groups is 3. The van der Waals surface area contributed by atoms with Gasteiger partial charge in [-0.3, -0.25) is 24.6 Å². The second-order valence-electron chi connectivity index (χ2n) is 10.6. The first kappa shape index (κ1) is 24.5. The van der Waals surface area contributed by atoms with E-state index in [0.717, 1.165) is 60.8 Å². The van der Waals surface area contributed by atoms with Crippen LogP contribution in [-0.4, -0.2) is 81.2 Å². The van der Waals surface area contributed by atoms with Gasteiger partial charge in [0.2, 0.25) is 11.8 Å². The number of nitrogens with zero attached hydrogens (tertiary/aromatic N) is 5. The largest absolute Gasteiger partial charge is 0.333 e. The van der Waals surface area contributed by atoms with Gasteiger partial charge in [-0.2, -0.15) is 0 Å². The Hall–Kier alpha value is -3.82. The normalized spacial score (nSPS) is 20.6. The van der Waals surface area contributed by atoms with Gasteiger partial charge in [0.05, 0.1) is 17.7 Å². The number of nitrogens with one attached hydrogen (secondary N) is 1. The molecule has 1 atom stereocenters. The number of carbonyl (C=O) groups excluding carboxylic acids is 3. The molecule has 2 saturated heterocycles. The molecule has 3 aliphatic heterocycles. The number of amides is 3. The van der Waals surface area contributed by atoms with Crippen molar-refractivity contribution >= 4 is 17.7 Å². The van der Waals surface area contributed by atoms with Crippen LogP contribution in [-0.2, 0) is 29.7 Å². The van der Waals surface area contributed by atoms with Crippen molar-refractivity contribution in [2.45, 2.75) is 32.0 Å². The fourth-order valence-electron chi connectivity index (χ4n) is 5.74. The van der Waals surface area contributed by atoms with Crippen LogP contribution < -0.4 is 5.32 Å². The average molecular weight is 513 g/mol. The van der Waals surface area contributed by atoms with Crippen molar-refractivity contribution in [3.8, 4) is 22.5 Å². The van der Waals surface area contributed by atoms with Crippen LogP contribution in [0.3, 0.4) is 0 Å². The molecule has 9 nitrogen and oxygen atoms in total. The molecule has 38 heavy (non-hydrogen) atoms. The van der Waals surface area contributed by atoms with Crippen LogP contribution in [0.25, 0.3) is 22.5 Å². The highest BCUT2D eigenvalue weighted by atomic mass is 16.2. The Morgan fingerprint density at radius 2 is 1.68 bits per heavy atom. The molecule has 0 saturated carbocycles. The van der Waals surface area contributed by atoms with Crippen molar-refractivity contribution in [2.75, 3.05) is 33.2 Å². The molecule has 3 aromatic rings. The van der Waals surface area contributed by atoms with E-state index in [1.807, 2.05) is 36.1 Å². The SMILES string of the molecule is CN1CCN(Cc2ccc(-c3c(-c4ccc5c(c4)CN(C4CCC(=O)NC4=O)C5=O)ncn3C)cc2)CC1. The summed E-state index contributed by atoms with van der Waals surface area (Å²) in [6, 6.07) is 13.9. The second kappa shape index (κ2) is 9.81. The van der Waals surface area contributed by atoms with Crippen LogP contribution in [0.1, 0.15) is 34.3 Å². The number of piperazine rings is 1. The first-order valence-corrected chi connectivity index (χ1v) is 13.2. The summed E-state index contributed by atoms with van der Waals surface area (Å²) in [5.41, 5.74) is 6.66. The zero-order valence-corrected chi connectivity index (χ0v) is 21.8. The van der Waals surface area contributed by atoms with E-state index in [1.165, 1.54) is 5.56 Å². The third kappa shape index (κ3) is 4.52. The van der Waals surface area contributed by atoms with Crippen LogP contribution in [0.15, 0.2) is 48.8 Å². The summed E-state index contributed by atoms with van der Waals surface area (Å²) < 4.78 is 2.03. The highest BCUT2D eigenvalue weighted by molar-refractivity contribution is 6.05. The van der Waals surface area contributed by atoms with E-state index in [0.29, 0.717) is 18.5 Å². The smallest absolute Gasteiger partial charge is 0.255 e. The quantitative estimate of drug-likeness (QED) is 0.528. The Bertz CT molecular complexity index is 1400. The average Bonchev–Trinajstić information content (AvgIpc) is 3.45. The predicted octanol–water partition coefficient (Wildman–Crippen LogP) is 2.26. The van der Waals surface area contributed by atoms with E-state index >= 15 is 0 Å². The first-order valence-electron chi connectivity index (χ1n) is 13.2. The van der Waals surface area contributed by atoms with Gasteiger partial charge >= 0.3 is 0 Å². The molecular formula is C29H32N6O3. The molecule has 1 unspecified atom stereocenters. The molecule has 2 fully saturated rings. The number of aryl methyl sites for hydroxylation is 1. The minimum atomic E-state index is -0.620. The minimum absolute atomic E-state index is 0.168. The highest BCUT2D eigenvalue weighted by Crippen LogP contribution is 2.35. The van der Waals surface area contributed by atoms with Crippen LogP contribution in [0.2, 0.25) is 0 Å². The van der Waals surface area contributed by atoms with Gasteiger partial charge in [-0.05, 0) is 36.7 Å². The van der Waals surface area contributed by atoms with E-state index in [1.54, 1.807) is 4.90 Å². The lowest BCUT2D eigenvalue weighted by Crippen LogP contribution is -2.52. The van der Waals surface area contributed by atoms with Crippen molar-refractivity contribution in [1.29, 1.82) is 0 Å². The summed E-state index contributed by atoms with van der Waals surface area (Å²) in [4.78, 5) is 48.2. The van der Waals surface area contributed by atoms with Gasteiger partial charge in [-0.15, -0.1) is 0 Å². The van der Waals surface area contributed by atoms with Crippen LogP contribution >= 0.6 is 0 Å². The lowest BCUT2D eigenvalue weighted by Gasteiger charge is -2.32. The number of likely N-dealkylation sites (N-methyl/N-ethyl adjacent to an activating group) is 1. The number of rotatable bonds is 5. The molecule has 2 aromatic carbocycles. The minimum Gasteiger partial charge on any atom is -0.333 e. The number of aromatic nitrogens is 2. The number of piperidine rings is 1. The van der Waals surface area contributed by atoms with Gasteiger partial charge < -0.3 is 14.4 Å². The van der Waals surface area contributed by atoms with Gasteiger partial charge in [-0.25, -0.2) is 4.98 Å². The number of hydrogen-bond donors (Lipinski definition) is 1. The van der Waals surface area contributed by atoms with Crippen molar-refractivity contribution in [3.05, 3.63) is 65.5 Å². The summed E-state index contributed by atoms with van der Waals surface area (Å²) >= 11 is 0. The third-order valence-corrected chi connectivity index (χ3v) is 7.96. The molecule has 196 valence electrons. The van der Waals surface area contributed by atoms with E-state index < -0.39 is 11.9 Å². The number of fused-ring (bicyclic) bond motifs is 1. The standard InChI is InChI=1S/C29H32N6O3/c1-32-11-13-34(14-12-32)16-19-3-5-20(6-4-19)27-26(30-18-33(27)2)21-7-8-23-22(15-21)17-35(29(23)38)24-9-10-25(36)31-28(24)37/h3-8,15,18,24H,9-14,16-17H2,1-2H3,(H,31,36,37). The zero-order chi connectivity index (χ0) is 26.4. The van der Waals surface area contributed by atoms with Gasteiger partial charge in [-0.1, -0.05) is 30.3 Å². The van der Waals surface area contributed by atoms with Crippen molar-refractivity contribution in [2.24, 2.45) is 7.05 Å². The maximum Gasteiger partial charge on any atom is 0.255 e. The highest BCUT2D eigenvalue weighted by Gasteiger charge is 2.39. The Labute approximate surface area is 222 Å².